The van der Waals surface area contributed by atoms with Crippen molar-refractivity contribution in [3.63, 3.8) is 0 Å². The fourth-order valence-electron chi connectivity index (χ4n) is 3.53. The van der Waals surface area contributed by atoms with E-state index in [0.29, 0.717) is 16.7 Å². The van der Waals surface area contributed by atoms with Gasteiger partial charge in [0.05, 0.1) is 22.0 Å². The van der Waals surface area contributed by atoms with Gasteiger partial charge in [0.15, 0.2) is 0 Å². The van der Waals surface area contributed by atoms with Crippen LogP contribution in [-0.4, -0.2) is 41.8 Å². The Hall–Kier alpha value is -2.38. The topological polar surface area (TPSA) is 64.4 Å². The molecule has 0 aliphatic carbocycles. The van der Waals surface area contributed by atoms with E-state index in [0.717, 1.165) is 17.2 Å². The molecule has 4 rings (SSSR count). The van der Waals surface area contributed by atoms with Gasteiger partial charge < -0.3 is 4.74 Å². The third-order valence-corrected chi connectivity index (χ3v) is 6.63. The van der Waals surface area contributed by atoms with Crippen LogP contribution in [0.25, 0.3) is 10.9 Å². The number of aromatic nitrogens is 2. The lowest BCUT2D eigenvalue weighted by atomic mass is 10.1. The lowest BCUT2D eigenvalue weighted by molar-refractivity contribution is 0.0273. The van der Waals surface area contributed by atoms with Gasteiger partial charge in [-0.15, -0.1) is 0 Å². The zero-order valence-electron chi connectivity index (χ0n) is 15.3. The summed E-state index contributed by atoms with van der Waals surface area (Å²) in [5, 5.41) is 4.85. The smallest absolute Gasteiger partial charge is 0.283 e. The van der Waals surface area contributed by atoms with Crippen LogP contribution in [0.2, 0.25) is 0 Å². The maximum absolute atomic E-state index is 12.9. The maximum atomic E-state index is 12.9. The van der Waals surface area contributed by atoms with Crippen LogP contribution in [0.5, 0.6) is 5.75 Å². The molecular weight excluding hydrogens is 362 g/mol. The molecule has 0 N–H and O–H groups in total. The van der Waals surface area contributed by atoms with Crippen molar-refractivity contribution >= 4 is 20.9 Å². The minimum Gasteiger partial charge on any atom is -0.475 e. The molecule has 1 aromatic heterocycles. The van der Waals surface area contributed by atoms with E-state index >= 15 is 0 Å². The predicted molar refractivity (Wildman–Crippen MR) is 104 cm³/mol. The maximum Gasteiger partial charge on any atom is 0.283 e. The van der Waals surface area contributed by atoms with Gasteiger partial charge in [-0.3, -0.25) is 4.90 Å². The van der Waals surface area contributed by atoms with Crippen LogP contribution in [0.15, 0.2) is 59.6 Å². The minimum absolute atomic E-state index is 0.0648. The Balaban J connectivity index is 1.68. The van der Waals surface area contributed by atoms with E-state index in [4.69, 9.17) is 4.74 Å². The average molecular weight is 385 g/mol. The van der Waals surface area contributed by atoms with E-state index in [9.17, 15) is 8.42 Å². The van der Waals surface area contributed by atoms with Crippen LogP contribution in [0.1, 0.15) is 26.2 Å². The van der Waals surface area contributed by atoms with Crippen molar-refractivity contribution in [1.29, 1.82) is 0 Å². The molecule has 0 bridgehead atoms. The number of hydrogen-bond acceptors (Lipinski definition) is 5. The zero-order chi connectivity index (χ0) is 18.9. The number of benzene rings is 2. The summed E-state index contributed by atoms with van der Waals surface area (Å²) in [6.07, 6.45) is 5.14. The van der Waals surface area contributed by atoms with Crippen LogP contribution in [0, 0.1) is 0 Å². The third-order valence-electron chi connectivity index (χ3n) is 5.01. The molecule has 3 aromatic rings. The Labute approximate surface area is 159 Å². The molecule has 2 heterocycles. The van der Waals surface area contributed by atoms with Gasteiger partial charge in [-0.1, -0.05) is 30.7 Å². The van der Waals surface area contributed by atoms with Crippen molar-refractivity contribution in [2.45, 2.75) is 37.3 Å². The second-order valence-corrected chi connectivity index (χ2v) is 8.58. The number of ether oxygens (including phenoxy) is 1. The molecule has 1 saturated heterocycles. The minimum atomic E-state index is -3.75. The molecule has 142 valence electrons. The van der Waals surface area contributed by atoms with Crippen molar-refractivity contribution in [3.05, 3.63) is 54.7 Å². The largest absolute Gasteiger partial charge is 0.475 e. The molecule has 7 heteroatoms. The molecule has 0 amide bonds. The highest BCUT2D eigenvalue weighted by Gasteiger charge is 2.23. The van der Waals surface area contributed by atoms with Crippen molar-refractivity contribution in [1.82, 2.24) is 14.1 Å². The summed E-state index contributed by atoms with van der Waals surface area (Å²) in [6.45, 7) is 4.09. The summed E-state index contributed by atoms with van der Waals surface area (Å²) in [6, 6.07) is 13.8. The van der Waals surface area contributed by atoms with E-state index in [1.807, 2.05) is 13.0 Å². The molecule has 1 fully saturated rings. The average Bonchev–Trinajstić information content (AvgIpc) is 3.15. The normalized spacial score (nSPS) is 17.1. The molecule has 0 radical (unpaired) electrons. The Morgan fingerprint density at radius 3 is 2.48 bits per heavy atom. The van der Waals surface area contributed by atoms with E-state index < -0.39 is 10.0 Å². The highest BCUT2D eigenvalue weighted by Crippen LogP contribution is 2.29. The quantitative estimate of drug-likeness (QED) is 0.673. The van der Waals surface area contributed by atoms with Crippen LogP contribution < -0.4 is 4.74 Å². The third kappa shape index (κ3) is 3.44. The van der Waals surface area contributed by atoms with Crippen molar-refractivity contribution in [2.75, 3.05) is 13.1 Å². The SMILES string of the molecule is CC(Oc1cccc2c1cnn2S(=O)(=O)c1ccccc1)N1CCCCC1. The second-order valence-electron chi connectivity index (χ2n) is 6.81. The van der Waals surface area contributed by atoms with Crippen molar-refractivity contribution in [3.8, 4) is 5.75 Å². The summed E-state index contributed by atoms with van der Waals surface area (Å²) < 4.78 is 33.1. The summed E-state index contributed by atoms with van der Waals surface area (Å²) >= 11 is 0. The molecule has 2 aromatic carbocycles. The fraction of sp³-hybridized carbons (Fsp3) is 0.350. The first kappa shape index (κ1) is 18.0. The number of likely N-dealkylation sites (tertiary alicyclic amines) is 1. The summed E-state index contributed by atoms with van der Waals surface area (Å²) in [7, 11) is -3.75. The number of piperidine rings is 1. The monoisotopic (exact) mass is 385 g/mol. The van der Waals surface area contributed by atoms with Gasteiger partial charge in [0.1, 0.15) is 12.0 Å². The van der Waals surface area contributed by atoms with E-state index in [1.54, 1.807) is 48.7 Å². The van der Waals surface area contributed by atoms with Crippen LogP contribution in [0.4, 0.5) is 0 Å². The first-order valence-corrected chi connectivity index (χ1v) is 10.7. The van der Waals surface area contributed by atoms with E-state index in [1.165, 1.54) is 19.3 Å². The number of rotatable bonds is 5. The van der Waals surface area contributed by atoms with Gasteiger partial charge in [-0.05, 0) is 44.0 Å². The molecule has 1 aliphatic heterocycles. The van der Waals surface area contributed by atoms with Gasteiger partial charge in [0, 0.05) is 13.1 Å². The Kier molecular flexibility index (Phi) is 4.88. The van der Waals surface area contributed by atoms with Crippen LogP contribution >= 0.6 is 0 Å². The Morgan fingerprint density at radius 2 is 1.74 bits per heavy atom. The molecule has 1 unspecified atom stereocenters. The standard InChI is InChI=1S/C20H23N3O3S/c1-16(22-13-6-3-7-14-22)26-20-12-8-11-19-18(20)15-21-23(19)27(24,25)17-9-4-2-5-10-17/h2,4-5,8-12,15-16H,3,6-7,13-14H2,1H3. The van der Waals surface area contributed by atoms with Gasteiger partial charge in [0.2, 0.25) is 0 Å². The van der Waals surface area contributed by atoms with Crippen molar-refractivity contribution < 1.29 is 13.2 Å². The van der Waals surface area contributed by atoms with Gasteiger partial charge in [0.25, 0.3) is 10.0 Å². The molecule has 1 atom stereocenters. The number of fused-ring (bicyclic) bond motifs is 1. The molecule has 0 saturated carbocycles. The zero-order valence-corrected chi connectivity index (χ0v) is 16.1. The molecule has 0 spiro atoms. The summed E-state index contributed by atoms with van der Waals surface area (Å²) in [5.41, 5.74) is 0.516. The summed E-state index contributed by atoms with van der Waals surface area (Å²) in [4.78, 5) is 2.52. The van der Waals surface area contributed by atoms with Crippen molar-refractivity contribution in [2.24, 2.45) is 0 Å². The van der Waals surface area contributed by atoms with Gasteiger partial charge >= 0.3 is 0 Å². The highest BCUT2D eigenvalue weighted by atomic mass is 32.2. The molecule has 1 aliphatic rings. The lowest BCUT2D eigenvalue weighted by Gasteiger charge is -2.32. The first-order valence-electron chi connectivity index (χ1n) is 9.25. The molecular formula is C20H23N3O3S. The number of hydrogen-bond donors (Lipinski definition) is 0. The van der Waals surface area contributed by atoms with Gasteiger partial charge in [-0.25, -0.2) is 0 Å². The Morgan fingerprint density at radius 1 is 1.00 bits per heavy atom. The molecule has 6 nitrogen and oxygen atoms in total. The van der Waals surface area contributed by atoms with Gasteiger partial charge in [-0.2, -0.15) is 17.6 Å². The Bertz CT molecular complexity index is 1030. The number of nitrogens with zero attached hydrogens (tertiary/aromatic N) is 3. The summed E-state index contributed by atoms with van der Waals surface area (Å²) in [5.74, 6) is 0.653. The van der Waals surface area contributed by atoms with E-state index in [-0.39, 0.29) is 11.1 Å². The van der Waals surface area contributed by atoms with E-state index in [2.05, 4.69) is 10.00 Å². The van der Waals surface area contributed by atoms with Crippen LogP contribution in [-0.2, 0) is 10.0 Å². The highest BCUT2D eigenvalue weighted by molar-refractivity contribution is 7.90. The van der Waals surface area contributed by atoms with Crippen LogP contribution in [0.3, 0.4) is 0 Å². The fourth-order valence-corrected chi connectivity index (χ4v) is 4.82. The predicted octanol–water partition coefficient (Wildman–Crippen LogP) is 3.48. The first-order chi connectivity index (χ1) is 13.1. The second kappa shape index (κ2) is 7.32. The molecule has 27 heavy (non-hydrogen) atoms. The lowest BCUT2D eigenvalue weighted by Crippen LogP contribution is -2.40.